The lowest BCUT2D eigenvalue weighted by Crippen LogP contribution is -2.46. The third-order valence-electron chi connectivity index (χ3n) is 4.75. The number of benzene rings is 1. The Kier molecular flexibility index (Phi) is 3.56. The van der Waals surface area contributed by atoms with Crippen LogP contribution in [0.15, 0.2) is 29.2 Å². The first-order valence-electron chi connectivity index (χ1n) is 7.55. The minimum absolute atomic E-state index is 0.0262. The molecule has 0 spiro atoms. The molecule has 114 valence electrons. The third-order valence-corrected chi connectivity index (χ3v) is 6.57. The molecule has 1 atom stereocenters. The van der Waals surface area contributed by atoms with E-state index >= 15 is 0 Å². The average molecular weight is 307 g/mol. The normalized spacial score (nSPS) is 26.0. The van der Waals surface area contributed by atoms with E-state index in [1.54, 1.807) is 24.3 Å². The first-order chi connectivity index (χ1) is 9.91. The number of amides is 1. The zero-order valence-corrected chi connectivity index (χ0v) is 13.1. The van der Waals surface area contributed by atoms with E-state index in [4.69, 9.17) is 0 Å². The van der Waals surface area contributed by atoms with Gasteiger partial charge in [0.25, 0.3) is 0 Å². The Morgan fingerprint density at radius 3 is 2.62 bits per heavy atom. The van der Waals surface area contributed by atoms with Crippen molar-refractivity contribution in [3.05, 3.63) is 29.8 Å². The van der Waals surface area contributed by atoms with E-state index < -0.39 is 9.84 Å². The molecular formula is C16H21NO3S. The van der Waals surface area contributed by atoms with Gasteiger partial charge >= 0.3 is 0 Å². The molecule has 1 aliphatic carbocycles. The summed E-state index contributed by atoms with van der Waals surface area (Å²) in [6, 6.07) is 6.90. The second-order valence-corrected chi connectivity index (χ2v) is 8.53. The van der Waals surface area contributed by atoms with Gasteiger partial charge in [0.2, 0.25) is 5.91 Å². The molecule has 1 aliphatic heterocycles. The second-order valence-electron chi connectivity index (χ2n) is 6.45. The Morgan fingerprint density at radius 2 is 1.90 bits per heavy atom. The van der Waals surface area contributed by atoms with Gasteiger partial charge in [-0.3, -0.25) is 4.79 Å². The standard InChI is InChI=1S/C16H21NO3S/c1-16(9-4-5-10-16)17-15(18)13-8-11-21(19,20)14-7-3-2-6-12(13)14/h2-3,6-7,13H,4-5,8-11H2,1H3,(H,17,18). The molecule has 1 aromatic carbocycles. The minimum atomic E-state index is -3.23. The first-order valence-corrected chi connectivity index (χ1v) is 9.20. The van der Waals surface area contributed by atoms with Gasteiger partial charge in [0.05, 0.1) is 16.6 Å². The lowest BCUT2D eigenvalue weighted by Gasteiger charge is -2.30. The number of nitrogens with one attached hydrogen (secondary N) is 1. The van der Waals surface area contributed by atoms with Crippen molar-refractivity contribution in [3.8, 4) is 0 Å². The maximum absolute atomic E-state index is 12.6. The molecule has 4 nitrogen and oxygen atoms in total. The van der Waals surface area contributed by atoms with Crippen molar-refractivity contribution < 1.29 is 13.2 Å². The van der Waals surface area contributed by atoms with Crippen LogP contribution in [0.4, 0.5) is 0 Å². The highest BCUT2D eigenvalue weighted by Crippen LogP contribution is 2.35. The highest BCUT2D eigenvalue weighted by Gasteiger charge is 2.37. The van der Waals surface area contributed by atoms with Crippen LogP contribution in [0, 0.1) is 0 Å². The summed E-state index contributed by atoms with van der Waals surface area (Å²) in [5.74, 6) is -0.317. The fourth-order valence-corrected chi connectivity index (χ4v) is 5.15. The number of hydrogen-bond donors (Lipinski definition) is 1. The summed E-state index contributed by atoms with van der Waals surface area (Å²) in [6.45, 7) is 2.09. The van der Waals surface area contributed by atoms with Gasteiger partial charge < -0.3 is 5.32 Å². The van der Waals surface area contributed by atoms with Crippen molar-refractivity contribution in [2.75, 3.05) is 5.75 Å². The average Bonchev–Trinajstić information content (AvgIpc) is 2.85. The van der Waals surface area contributed by atoms with Gasteiger partial charge in [-0.1, -0.05) is 31.0 Å². The molecule has 1 aromatic rings. The Balaban J connectivity index is 1.88. The molecule has 21 heavy (non-hydrogen) atoms. The molecule has 1 fully saturated rings. The zero-order valence-electron chi connectivity index (χ0n) is 12.3. The maximum atomic E-state index is 12.6. The predicted molar refractivity (Wildman–Crippen MR) is 80.9 cm³/mol. The molecule has 0 radical (unpaired) electrons. The number of fused-ring (bicyclic) bond motifs is 1. The van der Waals surface area contributed by atoms with Gasteiger partial charge in [0, 0.05) is 5.54 Å². The van der Waals surface area contributed by atoms with Gasteiger partial charge in [-0.05, 0) is 37.8 Å². The van der Waals surface area contributed by atoms with E-state index in [-0.39, 0.29) is 23.1 Å². The van der Waals surface area contributed by atoms with E-state index in [0.29, 0.717) is 16.9 Å². The number of hydrogen-bond acceptors (Lipinski definition) is 3. The SMILES string of the molecule is CC1(NC(=O)C2CCS(=O)(=O)c3ccccc32)CCCC1. The van der Waals surface area contributed by atoms with Crippen molar-refractivity contribution in [1.29, 1.82) is 0 Å². The predicted octanol–water partition coefficient (Wildman–Crippen LogP) is 2.40. The summed E-state index contributed by atoms with van der Waals surface area (Å²) in [5.41, 5.74) is 0.533. The van der Waals surface area contributed by atoms with E-state index in [9.17, 15) is 13.2 Å². The van der Waals surface area contributed by atoms with Crippen LogP contribution >= 0.6 is 0 Å². The summed E-state index contributed by atoms with van der Waals surface area (Å²) >= 11 is 0. The smallest absolute Gasteiger partial charge is 0.228 e. The van der Waals surface area contributed by atoms with Crippen LogP contribution in [0.25, 0.3) is 0 Å². The van der Waals surface area contributed by atoms with E-state index in [1.807, 2.05) is 0 Å². The van der Waals surface area contributed by atoms with Crippen LogP contribution in [0.3, 0.4) is 0 Å². The molecule has 1 amide bonds. The van der Waals surface area contributed by atoms with E-state index in [1.165, 1.54) is 0 Å². The summed E-state index contributed by atoms with van der Waals surface area (Å²) in [5, 5.41) is 3.16. The van der Waals surface area contributed by atoms with Gasteiger partial charge in [-0.25, -0.2) is 8.42 Å². The fourth-order valence-electron chi connectivity index (χ4n) is 3.53. The number of rotatable bonds is 2. The Bertz CT molecular complexity index is 660. The van der Waals surface area contributed by atoms with Gasteiger partial charge in [-0.15, -0.1) is 0 Å². The van der Waals surface area contributed by atoms with Crippen molar-refractivity contribution >= 4 is 15.7 Å². The monoisotopic (exact) mass is 307 g/mol. The third kappa shape index (κ3) is 2.71. The van der Waals surface area contributed by atoms with Crippen LogP contribution < -0.4 is 5.32 Å². The van der Waals surface area contributed by atoms with Crippen LogP contribution in [-0.2, 0) is 14.6 Å². The Labute approximate surface area is 125 Å². The maximum Gasteiger partial charge on any atom is 0.228 e. The van der Waals surface area contributed by atoms with E-state index in [2.05, 4.69) is 12.2 Å². The summed E-state index contributed by atoms with van der Waals surface area (Å²) in [4.78, 5) is 13.0. The molecule has 1 heterocycles. The number of carbonyl (C=O) groups is 1. The zero-order chi connectivity index (χ0) is 15.1. The summed E-state index contributed by atoms with van der Waals surface area (Å²) in [7, 11) is -3.23. The molecule has 0 bridgehead atoms. The molecule has 3 rings (SSSR count). The van der Waals surface area contributed by atoms with Crippen molar-refractivity contribution in [3.63, 3.8) is 0 Å². The van der Waals surface area contributed by atoms with Crippen molar-refractivity contribution in [2.45, 2.75) is 55.4 Å². The molecule has 1 N–H and O–H groups in total. The molecular weight excluding hydrogens is 286 g/mol. The highest BCUT2D eigenvalue weighted by molar-refractivity contribution is 7.91. The lowest BCUT2D eigenvalue weighted by molar-refractivity contribution is -0.124. The number of carbonyl (C=O) groups excluding carboxylic acids is 1. The Hall–Kier alpha value is -1.36. The van der Waals surface area contributed by atoms with Crippen molar-refractivity contribution in [2.24, 2.45) is 0 Å². The van der Waals surface area contributed by atoms with Gasteiger partial charge in [0.15, 0.2) is 9.84 Å². The molecule has 5 heteroatoms. The molecule has 1 unspecified atom stereocenters. The molecule has 0 saturated heterocycles. The fraction of sp³-hybridized carbons (Fsp3) is 0.562. The molecule has 1 saturated carbocycles. The van der Waals surface area contributed by atoms with E-state index in [0.717, 1.165) is 25.7 Å². The van der Waals surface area contributed by atoms with Crippen LogP contribution in [0.2, 0.25) is 0 Å². The quantitative estimate of drug-likeness (QED) is 0.912. The Morgan fingerprint density at radius 1 is 1.24 bits per heavy atom. The minimum Gasteiger partial charge on any atom is -0.350 e. The van der Waals surface area contributed by atoms with Gasteiger partial charge in [-0.2, -0.15) is 0 Å². The lowest BCUT2D eigenvalue weighted by atomic mass is 9.92. The van der Waals surface area contributed by atoms with Crippen molar-refractivity contribution in [1.82, 2.24) is 5.32 Å². The highest BCUT2D eigenvalue weighted by atomic mass is 32.2. The topological polar surface area (TPSA) is 63.2 Å². The van der Waals surface area contributed by atoms with Crippen LogP contribution in [-0.4, -0.2) is 25.6 Å². The molecule has 0 aromatic heterocycles. The first kappa shape index (κ1) is 14.6. The van der Waals surface area contributed by atoms with Gasteiger partial charge in [0.1, 0.15) is 0 Å². The van der Waals surface area contributed by atoms with Crippen LogP contribution in [0.1, 0.15) is 50.5 Å². The van der Waals surface area contributed by atoms with Crippen LogP contribution in [0.5, 0.6) is 0 Å². The largest absolute Gasteiger partial charge is 0.350 e. The molecule has 2 aliphatic rings. The second kappa shape index (κ2) is 5.13. The summed E-state index contributed by atoms with van der Waals surface area (Å²) < 4.78 is 24.2. The summed E-state index contributed by atoms with van der Waals surface area (Å²) in [6.07, 6.45) is 4.68. The number of sulfone groups is 1.